The highest BCUT2D eigenvalue weighted by Crippen LogP contribution is 2.21. The Morgan fingerprint density at radius 2 is 1.94 bits per heavy atom. The first-order chi connectivity index (χ1) is 14.5. The molecule has 3 heterocycles. The molecule has 1 amide bonds. The van der Waals surface area contributed by atoms with E-state index < -0.39 is 27.2 Å². The summed E-state index contributed by atoms with van der Waals surface area (Å²) in [7, 11) is -3.20. The van der Waals surface area contributed by atoms with E-state index in [1.807, 2.05) is 13.8 Å². The molecule has 1 saturated heterocycles. The molecule has 0 radical (unpaired) electrons. The van der Waals surface area contributed by atoms with Gasteiger partial charge in [-0.15, -0.1) is 0 Å². The number of piperidine rings is 1. The van der Waals surface area contributed by atoms with Crippen LogP contribution >= 0.6 is 0 Å². The van der Waals surface area contributed by atoms with Gasteiger partial charge < -0.3 is 5.32 Å². The predicted molar refractivity (Wildman–Crippen MR) is 118 cm³/mol. The Morgan fingerprint density at radius 1 is 1.29 bits per heavy atom. The van der Waals surface area contributed by atoms with Crippen LogP contribution in [0.3, 0.4) is 0 Å². The van der Waals surface area contributed by atoms with Crippen molar-refractivity contribution in [2.45, 2.75) is 46.1 Å². The van der Waals surface area contributed by atoms with Gasteiger partial charge in [0.15, 0.2) is 5.65 Å². The number of fused-ring (bicyclic) bond motifs is 1. The second-order valence-corrected chi connectivity index (χ2v) is 10.2. The minimum absolute atomic E-state index is 0.00373. The van der Waals surface area contributed by atoms with Crippen molar-refractivity contribution in [1.29, 1.82) is 0 Å². The average Bonchev–Trinajstić information content (AvgIpc) is 2.71. The Morgan fingerprint density at radius 3 is 2.48 bits per heavy atom. The molecule has 11 heteroatoms. The number of aromatic nitrogens is 3. The number of aryl methyl sites for hydroxylation is 1. The summed E-state index contributed by atoms with van der Waals surface area (Å²) in [6.07, 6.45) is 2.50. The largest absolute Gasteiger partial charge is 0.352 e. The van der Waals surface area contributed by atoms with Crippen molar-refractivity contribution in [3.8, 4) is 0 Å². The first-order valence-corrected chi connectivity index (χ1v) is 12.3. The number of pyridine rings is 1. The number of aromatic amines is 1. The highest BCUT2D eigenvalue weighted by molar-refractivity contribution is 7.88. The number of hydrogen-bond acceptors (Lipinski definition) is 6. The first kappa shape index (κ1) is 23.1. The van der Waals surface area contributed by atoms with Crippen LogP contribution in [-0.2, 0) is 16.6 Å². The molecule has 0 saturated carbocycles. The number of nitrogens with zero attached hydrogens (tertiary/aromatic N) is 3. The number of carbonyl (C=O) groups excluding carboxylic acids is 1. The third-order valence-electron chi connectivity index (χ3n) is 5.71. The van der Waals surface area contributed by atoms with Gasteiger partial charge in [0, 0.05) is 31.9 Å². The Labute approximate surface area is 180 Å². The van der Waals surface area contributed by atoms with E-state index >= 15 is 0 Å². The van der Waals surface area contributed by atoms with Crippen molar-refractivity contribution in [3.63, 3.8) is 0 Å². The molecular weight excluding hydrogens is 422 g/mol. The molecule has 2 aromatic heterocycles. The van der Waals surface area contributed by atoms with Crippen LogP contribution in [-0.4, -0.2) is 59.1 Å². The third kappa shape index (κ3) is 4.87. The number of rotatable bonds is 6. The second-order valence-electron chi connectivity index (χ2n) is 8.27. The zero-order valence-electron chi connectivity index (χ0n) is 18.3. The summed E-state index contributed by atoms with van der Waals surface area (Å²) in [5.74, 6) is -0.269. The van der Waals surface area contributed by atoms with Crippen LogP contribution in [0.1, 0.15) is 55.6 Å². The maximum Gasteiger partial charge on any atom is 0.329 e. The van der Waals surface area contributed by atoms with E-state index in [1.54, 1.807) is 13.0 Å². The zero-order chi connectivity index (χ0) is 22.9. The van der Waals surface area contributed by atoms with Gasteiger partial charge in [-0.2, -0.15) is 0 Å². The lowest BCUT2D eigenvalue weighted by Crippen LogP contribution is -2.41. The van der Waals surface area contributed by atoms with Gasteiger partial charge in [0.1, 0.15) is 0 Å². The zero-order valence-corrected chi connectivity index (χ0v) is 19.1. The SMILES string of the molecule is CCn1c(=O)[nH]c(=O)c2c(C(=O)NCC3CCN(S(C)(=O)=O)CC3)cc(C(C)C)nc21. The van der Waals surface area contributed by atoms with Crippen LogP contribution in [0.15, 0.2) is 15.7 Å². The maximum atomic E-state index is 13.1. The number of hydrogen-bond donors (Lipinski definition) is 2. The van der Waals surface area contributed by atoms with Gasteiger partial charge >= 0.3 is 5.69 Å². The van der Waals surface area contributed by atoms with E-state index in [2.05, 4.69) is 15.3 Å². The summed E-state index contributed by atoms with van der Waals surface area (Å²) in [6, 6.07) is 1.61. The fourth-order valence-electron chi connectivity index (χ4n) is 3.84. The van der Waals surface area contributed by atoms with Gasteiger partial charge in [0.05, 0.1) is 17.2 Å². The Hall–Kier alpha value is -2.53. The van der Waals surface area contributed by atoms with E-state index in [0.29, 0.717) is 44.7 Å². The molecule has 0 aliphatic carbocycles. The molecule has 0 spiro atoms. The molecule has 1 aliphatic rings. The Balaban J connectivity index is 1.89. The quantitative estimate of drug-likeness (QED) is 0.662. The van der Waals surface area contributed by atoms with E-state index in [1.165, 1.54) is 15.1 Å². The van der Waals surface area contributed by atoms with Gasteiger partial charge in [-0.3, -0.25) is 19.1 Å². The predicted octanol–water partition coefficient (Wildman–Crippen LogP) is 0.630. The average molecular weight is 452 g/mol. The van der Waals surface area contributed by atoms with Crippen LogP contribution in [0.5, 0.6) is 0 Å². The summed E-state index contributed by atoms with van der Waals surface area (Å²) < 4.78 is 26.1. The Bertz CT molecular complexity index is 1210. The number of nitrogens with one attached hydrogen (secondary N) is 2. The van der Waals surface area contributed by atoms with Crippen molar-refractivity contribution in [2.75, 3.05) is 25.9 Å². The lowest BCUT2D eigenvalue weighted by atomic mass is 9.98. The van der Waals surface area contributed by atoms with Crippen molar-refractivity contribution in [2.24, 2.45) is 5.92 Å². The smallest absolute Gasteiger partial charge is 0.329 e. The van der Waals surface area contributed by atoms with Gasteiger partial charge in [-0.05, 0) is 37.7 Å². The van der Waals surface area contributed by atoms with Crippen LogP contribution in [0.25, 0.3) is 11.0 Å². The van der Waals surface area contributed by atoms with Crippen molar-refractivity contribution in [1.82, 2.24) is 24.2 Å². The van der Waals surface area contributed by atoms with E-state index in [0.717, 1.165) is 0 Å². The summed E-state index contributed by atoms with van der Waals surface area (Å²) in [5.41, 5.74) is -0.192. The standard InChI is InChI=1S/C20H29N5O5S/c1-5-25-17-16(19(27)23-20(25)28)14(10-15(22-17)12(2)3)18(26)21-11-13-6-8-24(9-7-13)31(4,29)30/h10,12-13H,5-9,11H2,1-4H3,(H,21,26)(H,23,27,28). The van der Waals surface area contributed by atoms with Gasteiger partial charge in [0.25, 0.3) is 11.5 Å². The molecule has 2 aromatic rings. The lowest BCUT2D eigenvalue weighted by molar-refractivity contribution is 0.0943. The van der Waals surface area contributed by atoms with Crippen LogP contribution < -0.4 is 16.6 Å². The van der Waals surface area contributed by atoms with Gasteiger partial charge in [-0.1, -0.05) is 13.8 Å². The highest BCUT2D eigenvalue weighted by Gasteiger charge is 2.26. The summed E-state index contributed by atoms with van der Waals surface area (Å²) in [4.78, 5) is 44.6. The molecule has 1 fully saturated rings. The molecule has 2 N–H and O–H groups in total. The molecule has 31 heavy (non-hydrogen) atoms. The van der Waals surface area contributed by atoms with Crippen LogP contribution in [0, 0.1) is 5.92 Å². The van der Waals surface area contributed by atoms with E-state index in [4.69, 9.17) is 0 Å². The summed E-state index contributed by atoms with van der Waals surface area (Å²) >= 11 is 0. The maximum absolute atomic E-state index is 13.1. The molecule has 3 rings (SSSR count). The second kappa shape index (κ2) is 8.91. The fourth-order valence-corrected chi connectivity index (χ4v) is 4.71. The number of carbonyl (C=O) groups is 1. The minimum Gasteiger partial charge on any atom is -0.352 e. The van der Waals surface area contributed by atoms with Crippen LogP contribution in [0.2, 0.25) is 0 Å². The molecule has 1 aliphatic heterocycles. The molecule has 0 aromatic carbocycles. The molecule has 0 bridgehead atoms. The van der Waals surface area contributed by atoms with Crippen LogP contribution in [0.4, 0.5) is 0 Å². The molecular formula is C20H29N5O5S. The monoisotopic (exact) mass is 451 g/mol. The normalized spacial score (nSPS) is 16.2. The fraction of sp³-hybridized carbons (Fsp3) is 0.600. The molecule has 0 unspecified atom stereocenters. The van der Waals surface area contributed by atoms with E-state index in [-0.39, 0.29) is 28.4 Å². The number of amides is 1. The van der Waals surface area contributed by atoms with Crippen molar-refractivity contribution in [3.05, 3.63) is 38.2 Å². The Kier molecular flexibility index (Phi) is 6.65. The van der Waals surface area contributed by atoms with E-state index in [9.17, 15) is 22.8 Å². The van der Waals surface area contributed by atoms with Gasteiger partial charge in [0.2, 0.25) is 10.0 Å². The van der Waals surface area contributed by atoms with Crippen molar-refractivity contribution < 1.29 is 13.2 Å². The number of sulfonamides is 1. The van der Waals surface area contributed by atoms with Gasteiger partial charge in [-0.25, -0.2) is 22.5 Å². The molecule has 170 valence electrons. The minimum atomic E-state index is -3.20. The number of H-pyrrole nitrogens is 1. The summed E-state index contributed by atoms with van der Waals surface area (Å²) in [5, 5.41) is 2.98. The highest BCUT2D eigenvalue weighted by atomic mass is 32.2. The topological polar surface area (TPSA) is 134 Å². The first-order valence-electron chi connectivity index (χ1n) is 10.4. The summed E-state index contributed by atoms with van der Waals surface area (Å²) in [6.45, 7) is 7.16. The van der Waals surface area contributed by atoms with Crippen molar-refractivity contribution >= 4 is 27.0 Å². The molecule has 0 atom stereocenters. The molecule has 10 nitrogen and oxygen atoms in total. The third-order valence-corrected chi connectivity index (χ3v) is 7.02. The lowest BCUT2D eigenvalue weighted by Gasteiger charge is -2.30.